The summed E-state index contributed by atoms with van der Waals surface area (Å²) in [6, 6.07) is 2.40. The van der Waals surface area contributed by atoms with Gasteiger partial charge in [-0.25, -0.2) is 0 Å². The Bertz CT molecular complexity index is 228. The molecule has 0 saturated carbocycles. The van der Waals surface area contributed by atoms with Crippen molar-refractivity contribution in [3.8, 4) is 0 Å². The van der Waals surface area contributed by atoms with Crippen molar-refractivity contribution in [2.24, 2.45) is 0 Å². The van der Waals surface area contributed by atoms with E-state index in [0.29, 0.717) is 6.04 Å². The standard InChI is InChI=1S/C10H17N3/c1-3-4-6-11-10(2)9-13-8-5-7-12-13/h3,5,7-8,10-11H,1,4,6,9H2,2H3. The lowest BCUT2D eigenvalue weighted by atomic mass is 10.3. The Morgan fingerprint density at radius 2 is 2.54 bits per heavy atom. The van der Waals surface area contributed by atoms with E-state index in [2.05, 4.69) is 23.9 Å². The number of hydrogen-bond acceptors (Lipinski definition) is 2. The van der Waals surface area contributed by atoms with E-state index in [1.807, 2.05) is 23.0 Å². The third-order valence-corrected chi connectivity index (χ3v) is 1.86. The Kier molecular flexibility index (Phi) is 4.26. The highest BCUT2D eigenvalue weighted by molar-refractivity contribution is 4.79. The SMILES string of the molecule is C=CCCNC(C)Cn1cccn1. The van der Waals surface area contributed by atoms with E-state index in [4.69, 9.17) is 0 Å². The maximum absolute atomic E-state index is 4.14. The van der Waals surface area contributed by atoms with Crippen molar-refractivity contribution >= 4 is 0 Å². The lowest BCUT2D eigenvalue weighted by Crippen LogP contribution is -2.31. The van der Waals surface area contributed by atoms with Crippen molar-refractivity contribution in [3.63, 3.8) is 0 Å². The van der Waals surface area contributed by atoms with E-state index in [1.54, 1.807) is 6.20 Å². The minimum Gasteiger partial charge on any atom is -0.312 e. The number of nitrogens with zero attached hydrogens (tertiary/aromatic N) is 2. The molecule has 1 atom stereocenters. The van der Waals surface area contributed by atoms with Gasteiger partial charge in [0.2, 0.25) is 0 Å². The molecule has 72 valence electrons. The van der Waals surface area contributed by atoms with E-state index in [9.17, 15) is 0 Å². The molecule has 0 spiro atoms. The summed E-state index contributed by atoms with van der Waals surface area (Å²) < 4.78 is 1.94. The summed E-state index contributed by atoms with van der Waals surface area (Å²) in [5.74, 6) is 0. The lowest BCUT2D eigenvalue weighted by molar-refractivity contribution is 0.455. The topological polar surface area (TPSA) is 29.9 Å². The fraction of sp³-hybridized carbons (Fsp3) is 0.500. The fourth-order valence-electron chi connectivity index (χ4n) is 1.19. The maximum atomic E-state index is 4.14. The zero-order valence-corrected chi connectivity index (χ0v) is 8.11. The molecular weight excluding hydrogens is 162 g/mol. The molecule has 0 amide bonds. The first-order valence-electron chi connectivity index (χ1n) is 4.64. The van der Waals surface area contributed by atoms with Gasteiger partial charge in [-0.1, -0.05) is 6.08 Å². The maximum Gasteiger partial charge on any atom is 0.0559 e. The molecule has 0 aromatic carbocycles. The second-order valence-electron chi connectivity index (χ2n) is 3.16. The molecule has 1 heterocycles. The van der Waals surface area contributed by atoms with Crippen LogP contribution in [0.15, 0.2) is 31.1 Å². The molecule has 1 N–H and O–H groups in total. The monoisotopic (exact) mass is 179 g/mol. The van der Waals surface area contributed by atoms with Gasteiger partial charge in [-0.15, -0.1) is 6.58 Å². The highest BCUT2D eigenvalue weighted by Crippen LogP contribution is 1.90. The van der Waals surface area contributed by atoms with Gasteiger partial charge in [0.25, 0.3) is 0 Å². The highest BCUT2D eigenvalue weighted by atomic mass is 15.3. The second kappa shape index (κ2) is 5.54. The Morgan fingerprint density at radius 3 is 3.15 bits per heavy atom. The first kappa shape index (κ1) is 9.99. The molecule has 1 rings (SSSR count). The molecule has 3 heteroatoms. The van der Waals surface area contributed by atoms with Gasteiger partial charge in [-0.3, -0.25) is 4.68 Å². The molecule has 0 aliphatic heterocycles. The summed E-state index contributed by atoms with van der Waals surface area (Å²) in [4.78, 5) is 0. The van der Waals surface area contributed by atoms with Crippen LogP contribution in [0, 0.1) is 0 Å². The number of aromatic nitrogens is 2. The smallest absolute Gasteiger partial charge is 0.0559 e. The highest BCUT2D eigenvalue weighted by Gasteiger charge is 2.00. The molecule has 13 heavy (non-hydrogen) atoms. The molecule has 1 aromatic rings. The van der Waals surface area contributed by atoms with E-state index < -0.39 is 0 Å². The van der Waals surface area contributed by atoms with Gasteiger partial charge in [0.15, 0.2) is 0 Å². The Hall–Kier alpha value is -1.09. The molecule has 0 saturated heterocycles. The zero-order chi connectivity index (χ0) is 9.52. The van der Waals surface area contributed by atoms with Crippen molar-refractivity contribution < 1.29 is 0 Å². The van der Waals surface area contributed by atoms with Crippen molar-refractivity contribution in [1.29, 1.82) is 0 Å². The largest absolute Gasteiger partial charge is 0.312 e. The Morgan fingerprint density at radius 1 is 1.69 bits per heavy atom. The average Bonchev–Trinajstić information content (AvgIpc) is 2.57. The predicted molar refractivity (Wildman–Crippen MR) is 54.5 cm³/mol. The van der Waals surface area contributed by atoms with Gasteiger partial charge >= 0.3 is 0 Å². The van der Waals surface area contributed by atoms with Crippen molar-refractivity contribution in [2.45, 2.75) is 25.9 Å². The van der Waals surface area contributed by atoms with Crippen LogP contribution < -0.4 is 5.32 Å². The van der Waals surface area contributed by atoms with E-state index in [1.165, 1.54) is 0 Å². The van der Waals surface area contributed by atoms with Crippen LogP contribution in [0.2, 0.25) is 0 Å². The molecule has 0 radical (unpaired) electrons. The van der Waals surface area contributed by atoms with Crippen molar-refractivity contribution in [1.82, 2.24) is 15.1 Å². The molecule has 0 fully saturated rings. The molecule has 1 aromatic heterocycles. The summed E-state index contributed by atoms with van der Waals surface area (Å²) in [5.41, 5.74) is 0. The summed E-state index contributed by atoms with van der Waals surface area (Å²) in [6.07, 6.45) is 6.72. The van der Waals surface area contributed by atoms with Crippen LogP contribution in [0.25, 0.3) is 0 Å². The van der Waals surface area contributed by atoms with Crippen LogP contribution in [-0.2, 0) is 6.54 Å². The number of nitrogens with one attached hydrogen (secondary N) is 1. The van der Waals surface area contributed by atoms with Crippen LogP contribution in [0.1, 0.15) is 13.3 Å². The van der Waals surface area contributed by atoms with Gasteiger partial charge in [0.1, 0.15) is 0 Å². The normalized spacial score (nSPS) is 12.7. The van der Waals surface area contributed by atoms with Gasteiger partial charge in [0, 0.05) is 18.4 Å². The second-order valence-corrected chi connectivity index (χ2v) is 3.16. The quantitative estimate of drug-likeness (QED) is 0.529. The van der Waals surface area contributed by atoms with Gasteiger partial charge in [0.05, 0.1) is 6.54 Å². The third-order valence-electron chi connectivity index (χ3n) is 1.86. The van der Waals surface area contributed by atoms with Crippen LogP contribution >= 0.6 is 0 Å². The molecule has 3 nitrogen and oxygen atoms in total. The van der Waals surface area contributed by atoms with Crippen molar-refractivity contribution in [2.75, 3.05) is 6.54 Å². The van der Waals surface area contributed by atoms with Gasteiger partial charge in [-0.2, -0.15) is 5.10 Å². The van der Waals surface area contributed by atoms with Crippen LogP contribution in [-0.4, -0.2) is 22.4 Å². The summed E-state index contributed by atoms with van der Waals surface area (Å²) in [7, 11) is 0. The molecule has 0 bridgehead atoms. The van der Waals surface area contributed by atoms with Crippen molar-refractivity contribution in [3.05, 3.63) is 31.1 Å². The van der Waals surface area contributed by atoms with Crippen LogP contribution in [0.4, 0.5) is 0 Å². The Balaban J connectivity index is 2.17. The third kappa shape index (κ3) is 3.90. The lowest BCUT2D eigenvalue weighted by Gasteiger charge is -2.12. The average molecular weight is 179 g/mol. The van der Waals surface area contributed by atoms with Gasteiger partial charge in [-0.05, 0) is 26.0 Å². The van der Waals surface area contributed by atoms with E-state index in [-0.39, 0.29) is 0 Å². The summed E-state index contributed by atoms with van der Waals surface area (Å²) in [6.45, 7) is 7.75. The number of hydrogen-bond donors (Lipinski definition) is 1. The summed E-state index contributed by atoms with van der Waals surface area (Å²) in [5, 5.41) is 7.53. The first-order valence-corrected chi connectivity index (χ1v) is 4.64. The molecule has 0 aliphatic carbocycles. The first-order chi connectivity index (χ1) is 6.33. The van der Waals surface area contributed by atoms with Crippen LogP contribution in [0.3, 0.4) is 0 Å². The molecular formula is C10H17N3. The van der Waals surface area contributed by atoms with E-state index >= 15 is 0 Å². The minimum atomic E-state index is 0.458. The fourth-order valence-corrected chi connectivity index (χ4v) is 1.19. The van der Waals surface area contributed by atoms with Crippen LogP contribution in [0.5, 0.6) is 0 Å². The Labute approximate surface area is 79.5 Å². The number of rotatable bonds is 6. The zero-order valence-electron chi connectivity index (χ0n) is 8.11. The minimum absolute atomic E-state index is 0.458. The van der Waals surface area contributed by atoms with E-state index in [0.717, 1.165) is 19.5 Å². The molecule has 0 aliphatic rings. The van der Waals surface area contributed by atoms with Gasteiger partial charge < -0.3 is 5.32 Å². The summed E-state index contributed by atoms with van der Waals surface area (Å²) >= 11 is 0. The predicted octanol–water partition coefficient (Wildman–Crippen LogP) is 1.44. The molecule has 1 unspecified atom stereocenters.